The molecule has 0 heterocycles. The molecule has 10 aromatic rings. The summed E-state index contributed by atoms with van der Waals surface area (Å²) in [4.78, 5) is 10.5. The molecule has 1 aliphatic rings. The van der Waals surface area contributed by atoms with Crippen LogP contribution in [-0.2, 0) is 0 Å². The zero-order chi connectivity index (χ0) is 43.0. The Kier molecular flexibility index (Phi) is 10.3. The second-order valence-corrected chi connectivity index (χ2v) is 16.9. The monoisotopic (exact) mass is 826 g/mol. The molecular formula is C60H46N2O2. The van der Waals surface area contributed by atoms with E-state index in [2.05, 4.69) is 158 Å². The first-order chi connectivity index (χ1) is 31.6. The van der Waals surface area contributed by atoms with Crippen molar-refractivity contribution in [2.24, 2.45) is 9.98 Å². The fourth-order valence-corrected chi connectivity index (χ4v) is 10.1. The summed E-state index contributed by atoms with van der Waals surface area (Å²) < 4.78 is 0. The lowest BCUT2D eigenvalue weighted by Gasteiger charge is -2.25. The molecule has 0 aromatic heterocycles. The van der Waals surface area contributed by atoms with Crippen molar-refractivity contribution in [3.63, 3.8) is 0 Å². The topological polar surface area (TPSA) is 65.2 Å². The summed E-state index contributed by atoms with van der Waals surface area (Å²) in [7, 11) is 0. The number of nitrogens with zero attached hydrogens (tertiary/aromatic N) is 2. The molecule has 0 bridgehead atoms. The molecular weight excluding hydrogens is 781 g/mol. The summed E-state index contributed by atoms with van der Waals surface area (Å²) in [6, 6.07) is 66.7. The van der Waals surface area contributed by atoms with Crippen molar-refractivity contribution in [3.8, 4) is 56.0 Å². The number of phenols is 2. The Morgan fingerprint density at radius 3 is 1.14 bits per heavy atom. The number of aliphatic imine (C=N–C) groups is 2. The first-order valence-corrected chi connectivity index (χ1v) is 22.3. The van der Waals surface area contributed by atoms with Crippen molar-refractivity contribution in [2.75, 3.05) is 0 Å². The molecule has 64 heavy (non-hydrogen) atoms. The van der Waals surface area contributed by atoms with Crippen molar-refractivity contribution < 1.29 is 10.2 Å². The van der Waals surface area contributed by atoms with Gasteiger partial charge in [0.15, 0.2) is 0 Å². The van der Waals surface area contributed by atoms with Crippen LogP contribution in [0.15, 0.2) is 204 Å². The minimum absolute atomic E-state index is 0.0309. The summed E-state index contributed by atoms with van der Waals surface area (Å²) >= 11 is 0. The van der Waals surface area contributed by atoms with E-state index < -0.39 is 0 Å². The first-order valence-electron chi connectivity index (χ1n) is 22.3. The van der Waals surface area contributed by atoms with Crippen LogP contribution in [0.25, 0.3) is 87.6 Å². The van der Waals surface area contributed by atoms with Crippen LogP contribution in [0.5, 0.6) is 11.5 Å². The highest BCUT2D eigenvalue weighted by Gasteiger charge is 2.25. The van der Waals surface area contributed by atoms with Crippen LogP contribution in [0.1, 0.15) is 36.8 Å². The van der Waals surface area contributed by atoms with Crippen molar-refractivity contribution in [1.29, 1.82) is 0 Å². The fraction of sp³-hybridized carbons (Fsp3) is 0.100. The molecule has 0 unspecified atom stereocenters. The number of phenolic OH excluding ortho intramolecular Hbond substituents is 2. The van der Waals surface area contributed by atoms with Crippen LogP contribution < -0.4 is 0 Å². The van der Waals surface area contributed by atoms with Gasteiger partial charge in [0.05, 0.1) is 12.1 Å². The molecule has 2 N–H and O–H groups in total. The third kappa shape index (κ3) is 7.07. The van der Waals surface area contributed by atoms with Crippen LogP contribution >= 0.6 is 0 Å². The third-order valence-electron chi connectivity index (χ3n) is 13.1. The predicted molar refractivity (Wildman–Crippen MR) is 269 cm³/mol. The zero-order valence-electron chi connectivity index (χ0n) is 35.4. The predicted octanol–water partition coefficient (Wildman–Crippen LogP) is 15.2. The maximum atomic E-state index is 12.1. The van der Waals surface area contributed by atoms with Gasteiger partial charge >= 0.3 is 0 Å². The summed E-state index contributed by atoms with van der Waals surface area (Å²) in [5.41, 5.74) is 9.78. The molecule has 0 radical (unpaired) electrons. The number of rotatable bonds is 8. The van der Waals surface area contributed by atoms with E-state index in [1.807, 2.05) is 48.8 Å². The second kappa shape index (κ2) is 16.8. The Hall–Kier alpha value is -7.82. The number of benzene rings is 10. The van der Waals surface area contributed by atoms with E-state index in [1.54, 1.807) is 0 Å². The summed E-state index contributed by atoms with van der Waals surface area (Å²) in [5.74, 6) is 0.447. The van der Waals surface area contributed by atoms with Crippen molar-refractivity contribution in [1.82, 2.24) is 0 Å². The van der Waals surface area contributed by atoms with Gasteiger partial charge in [-0.15, -0.1) is 0 Å². The number of fused-ring (bicyclic) bond motifs is 4. The van der Waals surface area contributed by atoms with Gasteiger partial charge in [-0.05, 0) is 90.3 Å². The Bertz CT molecular complexity index is 3200. The smallest absolute Gasteiger partial charge is 0.124 e. The third-order valence-corrected chi connectivity index (χ3v) is 13.1. The molecule has 10 aromatic carbocycles. The minimum Gasteiger partial charge on any atom is -0.507 e. The standard InChI is InChI=1S/C60H46N2O2/c63-55-35-43(45-23-11-13-27-51(45)59(55)57-47-25-9-7-21-41(47)31-33-49(57)39-17-3-1-4-18-39)37-61-53-29-15-16-30-54(53)62-38-44-36-56(64)60(52-28-14-12-24-46(44)52)58-48-26-10-8-22-42(48)32-34-50(58)40-19-5-2-6-20-40/h1-14,17-28,31-38,53-54,63-64H,15-16,29-30H2/t53-,54-/m1/s1. The van der Waals surface area contributed by atoms with E-state index in [1.165, 1.54) is 0 Å². The van der Waals surface area contributed by atoms with Crippen LogP contribution in [0.2, 0.25) is 0 Å². The molecule has 2 atom stereocenters. The molecule has 1 saturated carbocycles. The van der Waals surface area contributed by atoms with E-state index in [9.17, 15) is 10.2 Å². The molecule has 1 fully saturated rings. The molecule has 0 saturated heterocycles. The van der Waals surface area contributed by atoms with Gasteiger partial charge in [0.25, 0.3) is 0 Å². The minimum atomic E-state index is -0.0309. The lowest BCUT2D eigenvalue weighted by molar-refractivity contribution is 0.390. The van der Waals surface area contributed by atoms with Crippen LogP contribution in [0.3, 0.4) is 0 Å². The Morgan fingerprint density at radius 2 is 0.719 bits per heavy atom. The lowest BCUT2D eigenvalue weighted by Crippen LogP contribution is -2.27. The molecule has 0 spiro atoms. The first kappa shape index (κ1) is 39.1. The second-order valence-electron chi connectivity index (χ2n) is 16.9. The van der Waals surface area contributed by atoms with Gasteiger partial charge in [-0.25, -0.2) is 0 Å². The van der Waals surface area contributed by atoms with Crippen molar-refractivity contribution in [3.05, 3.63) is 205 Å². The van der Waals surface area contributed by atoms with Crippen LogP contribution in [-0.4, -0.2) is 34.7 Å². The van der Waals surface area contributed by atoms with Crippen molar-refractivity contribution >= 4 is 55.5 Å². The highest BCUT2D eigenvalue weighted by atomic mass is 16.3. The van der Waals surface area contributed by atoms with Gasteiger partial charge in [-0.2, -0.15) is 0 Å². The fourth-order valence-electron chi connectivity index (χ4n) is 10.1. The lowest BCUT2D eigenvalue weighted by atomic mass is 9.86. The van der Waals surface area contributed by atoms with E-state index in [0.717, 1.165) is 124 Å². The average molecular weight is 827 g/mol. The van der Waals surface area contributed by atoms with Gasteiger partial charge < -0.3 is 10.2 Å². The van der Waals surface area contributed by atoms with E-state index in [0.29, 0.717) is 0 Å². The van der Waals surface area contributed by atoms with Gasteiger partial charge in [-0.3, -0.25) is 9.98 Å². The van der Waals surface area contributed by atoms with E-state index in [-0.39, 0.29) is 23.6 Å². The molecule has 1 aliphatic carbocycles. The quantitative estimate of drug-likeness (QED) is 0.150. The number of hydrogen-bond donors (Lipinski definition) is 2. The molecule has 4 nitrogen and oxygen atoms in total. The van der Waals surface area contributed by atoms with Gasteiger partial charge in [0.2, 0.25) is 0 Å². The molecule has 0 aliphatic heterocycles. The molecule has 308 valence electrons. The summed E-state index contributed by atoms with van der Waals surface area (Å²) in [5, 5.41) is 32.6. The average Bonchev–Trinajstić information content (AvgIpc) is 3.35. The summed E-state index contributed by atoms with van der Waals surface area (Å²) in [6.07, 6.45) is 7.91. The van der Waals surface area contributed by atoms with Gasteiger partial charge in [-0.1, -0.05) is 195 Å². The normalized spacial score (nSPS) is 15.6. The zero-order valence-corrected chi connectivity index (χ0v) is 35.4. The highest BCUT2D eigenvalue weighted by Crippen LogP contribution is 2.48. The maximum Gasteiger partial charge on any atom is 0.124 e. The number of hydrogen-bond acceptors (Lipinski definition) is 4. The van der Waals surface area contributed by atoms with Crippen LogP contribution in [0.4, 0.5) is 0 Å². The molecule has 0 amide bonds. The Labute approximate surface area is 373 Å². The molecule has 4 heteroatoms. The van der Waals surface area contributed by atoms with Crippen molar-refractivity contribution in [2.45, 2.75) is 37.8 Å². The van der Waals surface area contributed by atoms with Crippen LogP contribution in [0, 0.1) is 0 Å². The Balaban J connectivity index is 0.965. The number of aromatic hydroxyl groups is 2. The largest absolute Gasteiger partial charge is 0.507 e. The highest BCUT2D eigenvalue weighted by molar-refractivity contribution is 6.17. The molecule has 11 rings (SSSR count). The van der Waals surface area contributed by atoms with Gasteiger partial charge in [0, 0.05) is 45.8 Å². The van der Waals surface area contributed by atoms with Gasteiger partial charge in [0.1, 0.15) is 11.5 Å². The maximum absolute atomic E-state index is 12.1. The van der Waals surface area contributed by atoms with E-state index >= 15 is 0 Å². The van der Waals surface area contributed by atoms with E-state index in [4.69, 9.17) is 9.98 Å². The Morgan fingerprint density at radius 1 is 0.359 bits per heavy atom. The summed E-state index contributed by atoms with van der Waals surface area (Å²) in [6.45, 7) is 0. The SMILES string of the molecule is Oc1cc(C=N[C@@H]2CCCC[C@H]2N=Cc2cc(O)c(-c3c(-c4ccccc4)ccc4ccccc34)c3ccccc23)c2ccccc2c1-c1c(-c2ccccc2)ccc2ccccc12.